The molecule has 1 aromatic heterocycles. The second-order valence-electron chi connectivity index (χ2n) is 5.89. The Balaban J connectivity index is 1.60. The van der Waals surface area contributed by atoms with Crippen molar-refractivity contribution in [3.05, 3.63) is 54.0 Å². The summed E-state index contributed by atoms with van der Waals surface area (Å²) in [6.45, 7) is 3.97. The molecule has 0 aliphatic carbocycles. The molecule has 0 unspecified atom stereocenters. The molecule has 24 heavy (non-hydrogen) atoms. The molecule has 0 radical (unpaired) electrons. The first kappa shape index (κ1) is 16.9. The second kappa shape index (κ2) is 6.88. The molecule has 128 valence electrons. The Morgan fingerprint density at radius 2 is 1.75 bits per heavy atom. The van der Waals surface area contributed by atoms with Gasteiger partial charge in [0.15, 0.2) is 5.76 Å². The Morgan fingerprint density at radius 1 is 1.08 bits per heavy atom. The maximum absolute atomic E-state index is 12.6. The fraction of sp³-hybridized carbons (Fsp3) is 0.353. The summed E-state index contributed by atoms with van der Waals surface area (Å²) in [4.78, 5) is 14.3. The van der Waals surface area contributed by atoms with Crippen molar-refractivity contribution in [1.29, 1.82) is 0 Å². The van der Waals surface area contributed by atoms with Crippen molar-refractivity contribution >= 4 is 15.8 Å². The molecule has 6 nitrogen and oxygen atoms in total. The number of Topliss-reactive ketones (excluding diaryl/α,β-unsaturated/α-hetero) is 1. The average Bonchev–Trinajstić information content (AvgIpc) is 3.10. The highest BCUT2D eigenvalue weighted by Crippen LogP contribution is 2.18. The van der Waals surface area contributed by atoms with Crippen LogP contribution in [-0.4, -0.2) is 56.1 Å². The van der Waals surface area contributed by atoms with E-state index in [-0.39, 0.29) is 12.3 Å². The van der Waals surface area contributed by atoms with Gasteiger partial charge in [-0.1, -0.05) is 17.7 Å². The molecule has 2 aromatic rings. The topological polar surface area (TPSA) is 70.8 Å². The third-order valence-electron chi connectivity index (χ3n) is 4.15. The minimum atomic E-state index is -3.47. The number of aryl methyl sites for hydroxylation is 1. The molecular formula is C17H20N2O4S. The van der Waals surface area contributed by atoms with E-state index in [0.717, 1.165) is 5.56 Å². The van der Waals surface area contributed by atoms with Crippen molar-refractivity contribution in [2.75, 3.05) is 32.7 Å². The Bertz CT molecular complexity index is 790. The Morgan fingerprint density at radius 3 is 2.33 bits per heavy atom. The van der Waals surface area contributed by atoms with Gasteiger partial charge in [-0.05, 0) is 31.2 Å². The van der Waals surface area contributed by atoms with Gasteiger partial charge in [0, 0.05) is 26.2 Å². The summed E-state index contributed by atoms with van der Waals surface area (Å²) in [5.74, 6) is 0.250. The first-order valence-electron chi connectivity index (χ1n) is 7.83. The minimum Gasteiger partial charge on any atom is -0.461 e. The van der Waals surface area contributed by atoms with Gasteiger partial charge in [-0.2, -0.15) is 4.31 Å². The Hall–Kier alpha value is -1.96. The SMILES string of the molecule is Cc1ccc(S(=O)(=O)N2CCN(CC(=O)c3ccco3)CC2)cc1. The third-order valence-corrected chi connectivity index (χ3v) is 6.07. The molecule has 0 amide bonds. The van der Waals surface area contributed by atoms with Crippen LogP contribution >= 0.6 is 0 Å². The van der Waals surface area contributed by atoms with Crippen molar-refractivity contribution in [3.8, 4) is 0 Å². The quantitative estimate of drug-likeness (QED) is 0.770. The largest absolute Gasteiger partial charge is 0.461 e. The highest BCUT2D eigenvalue weighted by molar-refractivity contribution is 7.89. The number of piperazine rings is 1. The molecule has 7 heteroatoms. The van der Waals surface area contributed by atoms with E-state index in [1.54, 1.807) is 36.4 Å². The van der Waals surface area contributed by atoms with Crippen LogP contribution in [0.5, 0.6) is 0 Å². The van der Waals surface area contributed by atoms with E-state index in [4.69, 9.17) is 4.42 Å². The van der Waals surface area contributed by atoms with Crippen molar-refractivity contribution in [2.24, 2.45) is 0 Å². The zero-order valence-electron chi connectivity index (χ0n) is 13.5. The summed E-state index contributed by atoms with van der Waals surface area (Å²) in [5, 5.41) is 0. The van der Waals surface area contributed by atoms with Crippen LogP contribution in [0.15, 0.2) is 52.0 Å². The lowest BCUT2D eigenvalue weighted by atomic mass is 10.2. The fourth-order valence-electron chi connectivity index (χ4n) is 2.71. The molecule has 2 heterocycles. The van der Waals surface area contributed by atoms with Crippen LogP contribution in [0.25, 0.3) is 0 Å². The number of ketones is 1. The Labute approximate surface area is 141 Å². The van der Waals surface area contributed by atoms with Crippen LogP contribution < -0.4 is 0 Å². The maximum atomic E-state index is 12.6. The van der Waals surface area contributed by atoms with E-state index in [1.165, 1.54) is 10.6 Å². The van der Waals surface area contributed by atoms with Crippen LogP contribution in [0.2, 0.25) is 0 Å². The number of furan rings is 1. The lowest BCUT2D eigenvalue weighted by Gasteiger charge is -2.33. The Kier molecular flexibility index (Phi) is 4.84. The lowest BCUT2D eigenvalue weighted by molar-refractivity contribution is 0.0874. The van der Waals surface area contributed by atoms with Gasteiger partial charge in [-0.25, -0.2) is 8.42 Å². The van der Waals surface area contributed by atoms with Gasteiger partial charge in [-0.15, -0.1) is 0 Å². The molecular weight excluding hydrogens is 328 g/mol. The lowest BCUT2D eigenvalue weighted by Crippen LogP contribution is -2.49. The molecule has 1 aliphatic rings. The minimum absolute atomic E-state index is 0.0881. The molecule has 1 saturated heterocycles. The van der Waals surface area contributed by atoms with Crippen LogP contribution in [0, 0.1) is 6.92 Å². The van der Waals surface area contributed by atoms with Gasteiger partial charge >= 0.3 is 0 Å². The third kappa shape index (κ3) is 3.58. The van der Waals surface area contributed by atoms with Crippen molar-refractivity contribution in [2.45, 2.75) is 11.8 Å². The number of hydrogen-bond acceptors (Lipinski definition) is 5. The van der Waals surface area contributed by atoms with Crippen LogP contribution in [-0.2, 0) is 10.0 Å². The van der Waals surface area contributed by atoms with Crippen LogP contribution in [0.4, 0.5) is 0 Å². The van der Waals surface area contributed by atoms with Gasteiger partial charge in [0.05, 0.1) is 17.7 Å². The summed E-state index contributed by atoms with van der Waals surface area (Å²) in [7, 11) is -3.47. The van der Waals surface area contributed by atoms with E-state index in [2.05, 4.69) is 0 Å². The summed E-state index contributed by atoms with van der Waals surface area (Å²) in [6, 6.07) is 10.2. The van der Waals surface area contributed by atoms with Gasteiger partial charge in [0.2, 0.25) is 15.8 Å². The normalized spacial score (nSPS) is 17.0. The van der Waals surface area contributed by atoms with Gasteiger partial charge in [0.25, 0.3) is 0 Å². The zero-order valence-corrected chi connectivity index (χ0v) is 14.3. The average molecular weight is 348 g/mol. The maximum Gasteiger partial charge on any atom is 0.243 e. The van der Waals surface area contributed by atoms with Crippen LogP contribution in [0.1, 0.15) is 16.1 Å². The number of benzene rings is 1. The number of rotatable bonds is 5. The van der Waals surface area contributed by atoms with Gasteiger partial charge in [0.1, 0.15) is 0 Å². The van der Waals surface area contributed by atoms with Gasteiger partial charge in [-0.3, -0.25) is 9.69 Å². The number of hydrogen-bond donors (Lipinski definition) is 0. The molecule has 0 spiro atoms. The van der Waals surface area contributed by atoms with E-state index in [0.29, 0.717) is 36.8 Å². The van der Waals surface area contributed by atoms with Crippen molar-refractivity contribution < 1.29 is 17.6 Å². The van der Waals surface area contributed by atoms with Crippen molar-refractivity contribution in [1.82, 2.24) is 9.21 Å². The molecule has 0 bridgehead atoms. The van der Waals surface area contributed by atoms with Gasteiger partial charge < -0.3 is 4.42 Å². The number of nitrogens with zero attached hydrogens (tertiary/aromatic N) is 2. The summed E-state index contributed by atoms with van der Waals surface area (Å²) < 4.78 is 31.9. The summed E-state index contributed by atoms with van der Waals surface area (Å²) in [6.07, 6.45) is 1.47. The van der Waals surface area contributed by atoms with E-state index in [9.17, 15) is 13.2 Å². The fourth-order valence-corrected chi connectivity index (χ4v) is 4.13. The van der Waals surface area contributed by atoms with Crippen molar-refractivity contribution in [3.63, 3.8) is 0 Å². The highest BCUT2D eigenvalue weighted by atomic mass is 32.2. The van der Waals surface area contributed by atoms with E-state index < -0.39 is 10.0 Å². The second-order valence-corrected chi connectivity index (χ2v) is 7.83. The molecule has 1 aliphatic heterocycles. The first-order valence-corrected chi connectivity index (χ1v) is 9.27. The monoisotopic (exact) mass is 348 g/mol. The standard InChI is InChI=1S/C17H20N2O4S/c1-14-4-6-15(7-5-14)24(21,22)19-10-8-18(9-11-19)13-16(20)17-3-2-12-23-17/h2-7,12H,8-11,13H2,1H3. The molecule has 0 saturated carbocycles. The van der Waals surface area contributed by atoms with E-state index in [1.807, 2.05) is 11.8 Å². The molecule has 1 aromatic carbocycles. The predicted octanol–water partition coefficient (Wildman–Crippen LogP) is 1.78. The molecule has 0 N–H and O–H groups in total. The molecule has 1 fully saturated rings. The summed E-state index contributed by atoms with van der Waals surface area (Å²) in [5.41, 5.74) is 1.02. The zero-order chi connectivity index (χ0) is 17.2. The molecule has 0 atom stereocenters. The summed E-state index contributed by atoms with van der Waals surface area (Å²) >= 11 is 0. The van der Waals surface area contributed by atoms with E-state index >= 15 is 0 Å². The van der Waals surface area contributed by atoms with Crippen LogP contribution in [0.3, 0.4) is 0 Å². The number of sulfonamides is 1. The highest BCUT2D eigenvalue weighted by Gasteiger charge is 2.29. The molecule has 3 rings (SSSR count). The predicted molar refractivity (Wildman–Crippen MR) is 89.4 cm³/mol. The first-order chi connectivity index (χ1) is 11.5. The smallest absolute Gasteiger partial charge is 0.243 e. The number of carbonyl (C=O) groups is 1. The number of carbonyl (C=O) groups excluding carboxylic acids is 1.